The lowest BCUT2D eigenvalue weighted by atomic mass is 10.1. The second-order valence-corrected chi connectivity index (χ2v) is 5.44. The molecule has 1 aromatic rings. The van der Waals surface area contributed by atoms with Crippen LogP contribution in [-0.2, 0) is 13.1 Å². The van der Waals surface area contributed by atoms with Gasteiger partial charge in [-0.3, -0.25) is 9.88 Å². The van der Waals surface area contributed by atoms with Gasteiger partial charge in [0.2, 0.25) is 0 Å². The molecule has 18 heavy (non-hydrogen) atoms. The Kier molecular flexibility index (Phi) is 4.72. The van der Waals surface area contributed by atoms with E-state index in [0.29, 0.717) is 6.04 Å². The van der Waals surface area contributed by atoms with Gasteiger partial charge in [-0.25, -0.2) is 0 Å². The van der Waals surface area contributed by atoms with Crippen molar-refractivity contribution in [2.75, 3.05) is 6.54 Å². The van der Waals surface area contributed by atoms with Crippen molar-refractivity contribution >= 4 is 0 Å². The Labute approximate surface area is 111 Å². The minimum Gasteiger partial charge on any atom is -0.310 e. The molecule has 0 saturated heterocycles. The van der Waals surface area contributed by atoms with Crippen LogP contribution in [0.3, 0.4) is 0 Å². The summed E-state index contributed by atoms with van der Waals surface area (Å²) < 4.78 is 0. The summed E-state index contributed by atoms with van der Waals surface area (Å²) in [5, 5.41) is 3.48. The fraction of sp³-hybridized carbons (Fsp3) is 0.667. The van der Waals surface area contributed by atoms with Crippen LogP contribution >= 0.6 is 0 Å². The van der Waals surface area contributed by atoms with Gasteiger partial charge in [-0.1, -0.05) is 26.8 Å². The maximum absolute atomic E-state index is 4.57. The zero-order valence-electron chi connectivity index (χ0n) is 11.8. The third kappa shape index (κ3) is 3.79. The molecule has 0 radical (unpaired) electrons. The molecule has 0 aromatic carbocycles. The van der Waals surface area contributed by atoms with Gasteiger partial charge in [0.25, 0.3) is 0 Å². The van der Waals surface area contributed by atoms with Gasteiger partial charge < -0.3 is 5.32 Å². The Morgan fingerprint density at radius 3 is 2.83 bits per heavy atom. The van der Waals surface area contributed by atoms with Crippen LogP contribution in [0.2, 0.25) is 0 Å². The summed E-state index contributed by atoms with van der Waals surface area (Å²) >= 11 is 0. The van der Waals surface area contributed by atoms with Gasteiger partial charge in [0.05, 0.1) is 5.69 Å². The lowest BCUT2D eigenvalue weighted by molar-refractivity contribution is 0.265. The first-order chi connectivity index (χ1) is 8.70. The predicted molar refractivity (Wildman–Crippen MR) is 75.3 cm³/mol. The van der Waals surface area contributed by atoms with Crippen molar-refractivity contribution in [1.82, 2.24) is 15.2 Å². The quantitative estimate of drug-likeness (QED) is 0.802. The van der Waals surface area contributed by atoms with Crippen molar-refractivity contribution < 1.29 is 0 Å². The molecule has 0 atom stereocenters. The second kappa shape index (κ2) is 6.30. The molecule has 2 rings (SSSR count). The van der Waals surface area contributed by atoms with E-state index in [2.05, 4.69) is 42.0 Å². The van der Waals surface area contributed by atoms with Crippen molar-refractivity contribution in [2.45, 2.75) is 58.8 Å². The van der Waals surface area contributed by atoms with Gasteiger partial charge >= 0.3 is 0 Å². The van der Waals surface area contributed by atoms with E-state index >= 15 is 0 Å². The zero-order valence-corrected chi connectivity index (χ0v) is 11.8. The molecule has 1 fully saturated rings. The maximum atomic E-state index is 4.57. The Morgan fingerprint density at radius 1 is 1.44 bits per heavy atom. The molecule has 0 spiro atoms. The van der Waals surface area contributed by atoms with Crippen molar-refractivity contribution in [3.05, 3.63) is 29.6 Å². The molecular weight excluding hydrogens is 222 g/mol. The summed E-state index contributed by atoms with van der Waals surface area (Å²) in [6.45, 7) is 9.64. The Balaban J connectivity index is 2.01. The van der Waals surface area contributed by atoms with Crippen LogP contribution < -0.4 is 5.32 Å². The van der Waals surface area contributed by atoms with Gasteiger partial charge in [0.1, 0.15) is 0 Å². The summed E-state index contributed by atoms with van der Waals surface area (Å²) in [5.74, 6) is 0. The number of rotatable bonds is 7. The highest BCUT2D eigenvalue weighted by atomic mass is 15.2. The zero-order chi connectivity index (χ0) is 13.0. The molecule has 0 amide bonds. The fourth-order valence-electron chi connectivity index (χ4n) is 2.22. The molecule has 1 aliphatic rings. The molecule has 3 nitrogen and oxygen atoms in total. The van der Waals surface area contributed by atoms with Crippen LogP contribution in [0.4, 0.5) is 0 Å². The second-order valence-electron chi connectivity index (χ2n) is 5.44. The van der Waals surface area contributed by atoms with Crippen molar-refractivity contribution in [2.24, 2.45) is 0 Å². The number of pyridine rings is 1. The molecule has 1 heterocycles. The van der Waals surface area contributed by atoms with E-state index in [1.54, 1.807) is 0 Å². The summed E-state index contributed by atoms with van der Waals surface area (Å²) in [4.78, 5) is 7.12. The molecule has 100 valence electrons. The molecule has 1 aromatic heterocycles. The van der Waals surface area contributed by atoms with E-state index in [4.69, 9.17) is 0 Å². The summed E-state index contributed by atoms with van der Waals surface area (Å²) in [6, 6.07) is 5.55. The number of hydrogen-bond acceptors (Lipinski definition) is 3. The van der Waals surface area contributed by atoms with E-state index in [1.807, 2.05) is 12.3 Å². The van der Waals surface area contributed by atoms with Gasteiger partial charge in [-0.2, -0.15) is 0 Å². The predicted octanol–water partition coefficient (Wildman–Crippen LogP) is 2.56. The van der Waals surface area contributed by atoms with E-state index in [0.717, 1.165) is 25.7 Å². The number of hydrogen-bond donors (Lipinski definition) is 1. The summed E-state index contributed by atoms with van der Waals surface area (Å²) in [6.07, 6.45) is 4.63. The Hall–Kier alpha value is -0.930. The van der Waals surface area contributed by atoms with Crippen LogP contribution in [-0.4, -0.2) is 28.5 Å². The number of nitrogens with zero attached hydrogens (tertiary/aromatic N) is 2. The van der Waals surface area contributed by atoms with Crippen molar-refractivity contribution in [3.8, 4) is 0 Å². The number of nitrogens with one attached hydrogen (secondary N) is 1. The Morgan fingerprint density at radius 2 is 2.22 bits per heavy atom. The lowest BCUT2D eigenvalue weighted by Crippen LogP contribution is -2.28. The molecular formula is C15H25N3. The summed E-state index contributed by atoms with van der Waals surface area (Å²) in [5.41, 5.74) is 2.57. The van der Waals surface area contributed by atoms with Crippen LogP contribution in [0.1, 0.15) is 44.9 Å². The topological polar surface area (TPSA) is 28.2 Å². The highest BCUT2D eigenvalue weighted by Crippen LogP contribution is 2.28. The largest absolute Gasteiger partial charge is 0.310 e. The fourth-order valence-corrected chi connectivity index (χ4v) is 2.22. The average Bonchev–Trinajstić information content (AvgIpc) is 3.18. The van der Waals surface area contributed by atoms with Crippen LogP contribution in [0.15, 0.2) is 18.3 Å². The van der Waals surface area contributed by atoms with Crippen molar-refractivity contribution in [3.63, 3.8) is 0 Å². The van der Waals surface area contributed by atoms with E-state index in [-0.39, 0.29) is 0 Å². The highest BCUT2D eigenvalue weighted by molar-refractivity contribution is 5.20. The minimum absolute atomic E-state index is 0.517. The lowest BCUT2D eigenvalue weighted by Gasteiger charge is -2.21. The monoisotopic (exact) mass is 247 g/mol. The van der Waals surface area contributed by atoms with Gasteiger partial charge in [0.15, 0.2) is 0 Å². The first-order valence-corrected chi connectivity index (χ1v) is 7.11. The first-order valence-electron chi connectivity index (χ1n) is 7.11. The number of aromatic nitrogens is 1. The molecule has 0 bridgehead atoms. The van der Waals surface area contributed by atoms with E-state index < -0.39 is 0 Å². The van der Waals surface area contributed by atoms with Gasteiger partial charge in [0, 0.05) is 31.4 Å². The van der Waals surface area contributed by atoms with Gasteiger partial charge in [-0.05, 0) is 31.0 Å². The van der Waals surface area contributed by atoms with E-state index in [9.17, 15) is 0 Å². The van der Waals surface area contributed by atoms with Gasteiger partial charge in [-0.15, -0.1) is 0 Å². The molecule has 3 heteroatoms. The normalized spacial score (nSPS) is 15.6. The SMILES string of the molecule is CCN(Cc1ncccc1CNC(C)C)C1CC1. The standard InChI is InChI=1S/C15H25N3/c1-4-18(14-7-8-14)11-15-13(6-5-9-16-15)10-17-12(2)3/h5-6,9,12,14,17H,4,7-8,10-11H2,1-3H3. The molecule has 1 aliphatic carbocycles. The first kappa shape index (κ1) is 13.5. The smallest absolute Gasteiger partial charge is 0.0588 e. The van der Waals surface area contributed by atoms with E-state index in [1.165, 1.54) is 24.1 Å². The average molecular weight is 247 g/mol. The molecule has 0 unspecified atom stereocenters. The Bertz CT molecular complexity index is 372. The maximum Gasteiger partial charge on any atom is 0.0588 e. The molecule has 0 aliphatic heterocycles. The third-order valence-corrected chi connectivity index (χ3v) is 3.51. The van der Waals surface area contributed by atoms with Crippen molar-refractivity contribution in [1.29, 1.82) is 0 Å². The third-order valence-electron chi connectivity index (χ3n) is 3.51. The summed E-state index contributed by atoms with van der Waals surface area (Å²) in [7, 11) is 0. The highest BCUT2D eigenvalue weighted by Gasteiger charge is 2.28. The van der Waals surface area contributed by atoms with Crippen LogP contribution in [0.5, 0.6) is 0 Å². The minimum atomic E-state index is 0.517. The van der Waals surface area contributed by atoms with Crippen LogP contribution in [0, 0.1) is 0 Å². The molecule has 1 saturated carbocycles. The van der Waals surface area contributed by atoms with Crippen LogP contribution in [0.25, 0.3) is 0 Å². The molecule has 1 N–H and O–H groups in total.